The molecule has 0 saturated heterocycles. The van der Waals surface area contributed by atoms with Gasteiger partial charge in [-0.15, -0.1) is 0 Å². The zero-order valence-electron chi connectivity index (χ0n) is 23.5. The molecule has 5 aromatic rings. The second-order valence-corrected chi connectivity index (χ2v) is 10.3. The van der Waals surface area contributed by atoms with E-state index in [2.05, 4.69) is 0 Å². The molecule has 1 aliphatic rings. The Morgan fingerprint density at radius 1 is 0.667 bits per heavy atom. The van der Waals surface area contributed by atoms with Crippen LogP contribution in [0, 0.1) is 20.2 Å². The van der Waals surface area contributed by atoms with Gasteiger partial charge in [0.25, 0.3) is 11.4 Å². The first-order valence-corrected chi connectivity index (χ1v) is 13.8. The summed E-state index contributed by atoms with van der Waals surface area (Å²) in [6.45, 7) is 0.332. The summed E-state index contributed by atoms with van der Waals surface area (Å²) >= 11 is 0. The number of hydrogen-bond donors (Lipinski definition) is 1. The van der Waals surface area contributed by atoms with Gasteiger partial charge in [0.1, 0.15) is 36.2 Å². The maximum absolute atomic E-state index is 12.2. The van der Waals surface area contributed by atoms with E-state index in [1.54, 1.807) is 72.8 Å². The number of benzene rings is 5. The van der Waals surface area contributed by atoms with Gasteiger partial charge in [-0.1, -0.05) is 30.3 Å². The lowest BCUT2D eigenvalue weighted by atomic mass is 9.80. The number of nitro benzene ring substituents is 2. The van der Waals surface area contributed by atoms with Crippen LogP contribution in [0.5, 0.6) is 23.0 Å². The molecular weight excluding hydrogens is 580 g/mol. The van der Waals surface area contributed by atoms with Crippen LogP contribution < -0.4 is 14.2 Å². The number of rotatable bonds is 10. The topological polar surface area (TPSA) is 151 Å². The number of carboxylic acids is 1. The molecule has 1 aliphatic heterocycles. The van der Waals surface area contributed by atoms with Crippen molar-refractivity contribution in [2.45, 2.75) is 19.1 Å². The summed E-state index contributed by atoms with van der Waals surface area (Å²) in [7, 11) is 0. The molecule has 0 spiro atoms. The number of ether oxygens (including phenoxy) is 3. The summed E-state index contributed by atoms with van der Waals surface area (Å²) in [4.78, 5) is 33.2. The quantitative estimate of drug-likeness (QED) is 0.123. The summed E-state index contributed by atoms with van der Waals surface area (Å²) in [5.41, 5.74) is 3.72. The van der Waals surface area contributed by atoms with Gasteiger partial charge in [0, 0.05) is 53.4 Å². The van der Waals surface area contributed by atoms with Crippen molar-refractivity contribution in [1.29, 1.82) is 0 Å². The largest absolute Gasteiger partial charge is 0.489 e. The van der Waals surface area contributed by atoms with Crippen molar-refractivity contribution < 1.29 is 34.0 Å². The van der Waals surface area contributed by atoms with E-state index in [0.29, 0.717) is 28.6 Å². The lowest BCUT2D eigenvalue weighted by Gasteiger charge is -2.30. The molecule has 0 amide bonds. The smallest absolute Gasteiger partial charge is 0.335 e. The number of carbonyl (C=O) groups is 1. The third kappa shape index (κ3) is 6.13. The van der Waals surface area contributed by atoms with E-state index >= 15 is 0 Å². The highest BCUT2D eigenvalue weighted by Gasteiger charge is 2.32. The zero-order valence-corrected chi connectivity index (χ0v) is 23.5. The average Bonchev–Trinajstić information content (AvgIpc) is 3.05. The van der Waals surface area contributed by atoms with Gasteiger partial charge in [0.2, 0.25) is 0 Å². The number of carboxylic acid groups (broad SMARTS) is 1. The van der Waals surface area contributed by atoms with Crippen molar-refractivity contribution in [3.8, 4) is 23.0 Å². The van der Waals surface area contributed by atoms with E-state index in [4.69, 9.17) is 14.2 Å². The van der Waals surface area contributed by atoms with Crippen LogP contribution in [0.3, 0.4) is 0 Å². The highest BCUT2D eigenvalue weighted by atomic mass is 16.6. The summed E-state index contributed by atoms with van der Waals surface area (Å²) in [6, 6.07) is 29.7. The molecule has 1 N–H and O–H groups in total. The van der Waals surface area contributed by atoms with Crippen molar-refractivity contribution in [2.75, 3.05) is 0 Å². The molecule has 0 fully saturated rings. The predicted octanol–water partition coefficient (Wildman–Crippen LogP) is 7.65. The van der Waals surface area contributed by atoms with E-state index in [1.807, 2.05) is 12.1 Å². The van der Waals surface area contributed by atoms with E-state index in [-0.39, 0.29) is 30.2 Å². The molecule has 0 bridgehead atoms. The Bertz CT molecular complexity index is 1810. The molecule has 11 nitrogen and oxygen atoms in total. The maximum Gasteiger partial charge on any atom is 0.335 e. The van der Waals surface area contributed by atoms with Crippen LogP contribution in [0.15, 0.2) is 109 Å². The molecule has 45 heavy (non-hydrogen) atoms. The van der Waals surface area contributed by atoms with Gasteiger partial charge >= 0.3 is 5.97 Å². The van der Waals surface area contributed by atoms with Crippen molar-refractivity contribution in [3.05, 3.63) is 163 Å². The highest BCUT2D eigenvalue weighted by Crippen LogP contribution is 2.50. The fourth-order valence-electron chi connectivity index (χ4n) is 5.19. The third-order valence-corrected chi connectivity index (χ3v) is 7.42. The minimum Gasteiger partial charge on any atom is -0.489 e. The van der Waals surface area contributed by atoms with E-state index in [0.717, 1.165) is 22.3 Å². The Labute approximate surface area is 256 Å². The Kier molecular flexibility index (Phi) is 7.81. The van der Waals surface area contributed by atoms with Crippen LogP contribution >= 0.6 is 0 Å². The molecule has 6 rings (SSSR count). The Balaban J connectivity index is 1.30. The summed E-state index contributed by atoms with van der Waals surface area (Å²) in [6.07, 6.45) is 0. The predicted molar refractivity (Wildman–Crippen MR) is 162 cm³/mol. The van der Waals surface area contributed by atoms with Gasteiger partial charge in [0.15, 0.2) is 0 Å². The van der Waals surface area contributed by atoms with Crippen LogP contribution in [0.2, 0.25) is 0 Å². The number of fused-ring (bicyclic) bond motifs is 2. The first-order valence-electron chi connectivity index (χ1n) is 13.8. The highest BCUT2D eigenvalue weighted by molar-refractivity contribution is 5.90. The summed E-state index contributed by atoms with van der Waals surface area (Å²) in [5, 5.41) is 31.9. The van der Waals surface area contributed by atoms with Crippen molar-refractivity contribution in [1.82, 2.24) is 0 Å². The molecule has 0 atom stereocenters. The molecule has 1 heterocycles. The SMILES string of the molecule is O=C(O)c1ccccc1C1c2ccc(OCc3ccc([N+](=O)[O-])cc3)cc2Oc2cc(OCc3ccc([N+](=O)[O-])cc3)ccc21. The molecule has 0 aromatic heterocycles. The second-order valence-electron chi connectivity index (χ2n) is 10.3. The average molecular weight is 605 g/mol. The van der Waals surface area contributed by atoms with Crippen LogP contribution in [-0.2, 0) is 13.2 Å². The van der Waals surface area contributed by atoms with Crippen molar-refractivity contribution in [2.24, 2.45) is 0 Å². The molecule has 5 aromatic carbocycles. The van der Waals surface area contributed by atoms with Crippen LogP contribution in [0.1, 0.15) is 44.1 Å². The molecule has 0 radical (unpaired) electrons. The monoisotopic (exact) mass is 604 g/mol. The van der Waals surface area contributed by atoms with E-state index in [9.17, 15) is 30.1 Å². The van der Waals surface area contributed by atoms with E-state index < -0.39 is 21.7 Å². The minimum absolute atomic E-state index is 0.0108. The van der Waals surface area contributed by atoms with Gasteiger partial charge in [-0.2, -0.15) is 0 Å². The molecule has 0 saturated carbocycles. The first-order chi connectivity index (χ1) is 21.8. The maximum atomic E-state index is 12.2. The lowest BCUT2D eigenvalue weighted by molar-refractivity contribution is -0.385. The molecule has 224 valence electrons. The summed E-state index contributed by atoms with van der Waals surface area (Å²) in [5.74, 6) is 0.412. The molecule has 11 heteroatoms. The Morgan fingerprint density at radius 3 is 1.58 bits per heavy atom. The number of nitro groups is 2. The summed E-state index contributed by atoms with van der Waals surface area (Å²) < 4.78 is 18.3. The van der Waals surface area contributed by atoms with Gasteiger partial charge < -0.3 is 19.3 Å². The second kappa shape index (κ2) is 12.2. The third-order valence-electron chi connectivity index (χ3n) is 7.42. The van der Waals surface area contributed by atoms with Gasteiger partial charge in [-0.05, 0) is 59.2 Å². The van der Waals surface area contributed by atoms with Gasteiger partial charge in [0.05, 0.1) is 15.4 Å². The minimum atomic E-state index is -1.05. The van der Waals surface area contributed by atoms with Gasteiger partial charge in [-0.25, -0.2) is 4.79 Å². The number of non-ortho nitro benzene ring substituents is 2. The lowest BCUT2D eigenvalue weighted by Crippen LogP contribution is -2.15. The fourth-order valence-corrected chi connectivity index (χ4v) is 5.19. The van der Waals surface area contributed by atoms with Crippen molar-refractivity contribution >= 4 is 17.3 Å². The Morgan fingerprint density at radius 2 is 1.13 bits per heavy atom. The van der Waals surface area contributed by atoms with Gasteiger partial charge in [-0.3, -0.25) is 20.2 Å². The normalized spacial score (nSPS) is 11.9. The van der Waals surface area contributed by atoms with Crippen molar-refractivity contribution in [3.63, 3.8) is 0 Å². The number of nitrogens with zero attached hydrogens (tertiary/aromatic N) is 2. The fraction of sp³-hybridized carbons (Fsp3) is 0.0882. The van der Waals surface area contributed by atoms with E-state index in [1.165, 1.54) is 24.3 Å². The molecule has 0 unspecified atom stereocenters. The standard InChI is InChI=1S/C34H24N2O9/c37-34(38)28-4-2-1-3-27(28)33-29-15-13-25(43-19-21-5-9-23(10-6-21)35(39)40)17-31(29)45-32-18-26(14-16-30(32)33)44-20-22-7-11-24(12-8-22)36(41)42/h1-18,33H,19-20H2,(H,37,38). The number of aromatic carboxylic acids is 1. The molecular formula is C34H24N2O9. The Hall–Kier alpha value is -6.23. The number of hydrogen-bond acceptors (Lipinski definition) is 8. The van der Waals surface area contributed by atoms with Crippen LogP contribution in [0.4, 0.5) is 11.4 Å². The first kappa shape index (κ1) is 28.9. The zero-order chi connectivity index (χ0) is 31.5. The molecule has 0 aliphatic carbocycles. The van der Waals surface area contributed by atoms with Crippen LogP contribution in [0.25, 0.3) is 0 Å². The van der Waals surface area contributed by atoms with Crippen LogP contribution in [-0.4, -0.2) is 20.9 Å².